The van der Waals surface area contributed by atoms with Gasteiger partial charge >= 0.3 is 0 Å². The largest absolute Gasteiger partial charge is 0.497 e. The van der Waals surface area contributed by atoms with E-state index in [9.17, 15) is 4.79 Å². The zero-order chi connectivity index (χ0) is 15.5. The van der Waals surface area contributed by atoms with E-state index in [1.807, 2.05) is 24.4 Å². The maximum absolute atomic E-state index is 11.2. The Morgan fingerprint density at radius 2 is 2.18 bits per heavy atom. The summed E-state index contributed by atoms with van der Waals surface area (Å²) < 4.78 is 5.26. The van der Waals surface area contributed by atoms with E-state index < -0.39 is 0 Å². The van der Waals surface area contributed by atoms with Crippen molar-refractivity contribution in [2.24, 2.45) is 11.7 Å². The Bertz CT molecular complexity index is 663. The van der Waals surface area contributed by atoms with Crippen molar-refractivity contribution in [3.05, 3.63) is 30.5 Å². The van der Waals surface area contributed by atoms with Crippen molar-refractivity contribution in [1.82, 2.24) is 4.98 Å². The zero-order valence-electron chi connectivity index (χ0n) is 12.5. The molecule has 3 rings (SSSR count). The normalized spacial score (nSPS) is 15.8. The van der Waals surface area contributed by atoms with Gasteiger partial charge in [0.05, 0.1) is 12.0 Å². The number of benzene rings is 1. The number of carbonyl (C=O) groups is 1. The van der Waals surface area contributed by atoms with Crippen molar-refractivity contribution in [1.29, 1.82) is 0 Å². The number of nitrogens with zero attached hydrogens (tertiary/aromatic N) is 2. The summed E-state index contributed by atoms with van der Waals surface area (Å²) in [6, 6.07) is 7.97. The summed E-state index contributed by atoms with van der Waals surface area (Å²) in [5.74, 6) is 0.666. The molecule has 1 aliphatic rings. The van der Waals surface area contributed by atoms with Gasteiger partial charge in [0, 0.05) is 25.2 Å². The maximum Gasteiger partial charge on any atom is 0.220 e. The number of aromatic nitrogens is 1. The summed E-state index contributed by atoms with van der Waals surface area (Å²) >= 11 is 1.66. The molecule has 1 aromatic carbocycles. The number of ether oxygens (including phenoxy) is 1. The van der Waals surface area contributed by atoms with Gasteiger partial charge in [-0.15, -0.1) is 0 Å². The van der Waals surface area contributed by atoms with Crippen LogP contribution in [-0.2, 0) is 4.79 Å². The summed E-state index contributed by atoms with van der Waals surface area (Å²) in [7, 11) is 1.67. The van der Waals surface area contributed by atoms with Gasteiger partial charge in [-0.05, 0) is 30.5 Å². The summed E-state index contributed by atoms with van der Waals surface area (Å²) in [5.41, 5.74) is 6.48. The molecule has 22 heavy (non-hydrogen) atoms. The van der Waals surface area contributed by atoms with E-state index in [1.54, 1.807) is 18.4 Å². The minimum atomic E-state index is -0.184. The van der Waals surface area contributed by atoms with E-state index in [2.05, 4.69) is 16.0 Å². The Morgan fingerprint density at radius 1 is 1.41 bits per heavy atom. The Labute approximate surface area is 133 Å². The van der Waals surface area contributed by atoms with E-state index in [4.69, 9.17) is 10.5 Å². The summed E-state index contributed by atoms with van der Waals surface area (Å²) in [6.07, 6.45) is 3.52. The Balaban J connectivity index is 1.73. The number of nitrogens with two attached hydrogens (primary N) is 1. The van der Waals surface area contributed by atoms with Gasteiger partial charge in [0.25, 0.3) is 0 Å². The smallest absolute Gasteiger partial charge is 0.220 e. The van der Waals surface area contributed by atoms with Gasteiger partial charge in [-0.3, -0.25) is 4.79 Å². The Morgan fingerprint density at radius 3 is 2.86 bits per heavy atom. The van der Waals surface area contributed by atoms with E-state index in [0.29, 0.717) is 0 Å². The van der Waals surface area contributed by atoms with Gasteiger partial charge in [-0.2, -0.15) is 0 Å². The van der Waals surface area contributed by atoms with Crippen LogP contribution in [0.4, 0.5) is 5.13 Å². The molecule has 0 bridgehead atoms. The van der Waals surface area contributed by atoms with E-state index >= 15 is 0 Å². The molecular formula is C16H19N3O2S. The molecule has 116 valence electrons. The van der Waals surface area contributed by atoms with Gasteiger partial charge in [-0.25, -0.2) is 4.98 Å². The monoisotopic (exact) mass is 317 g/mol. The third-order valence-electron chi connectivity index (χ3n) is 4.02. The van der Waals surface area contributed by atoms with Gasteiger partial charge in [0.2, 0.25) is 5.91 Å². The molecule has 1 saturated heterocycles. The third kappa shape index (κ3) is 3.06. The van der Waals surface area contributed by atoms with Crippen molar-refractivity contribution in [3.63, 3.8) is 0 Å². The van der Waals surface area contributed by atoms with Gasteiger partial charge in [-0.1, -0.05) is 23.5 Å². The Hall–Kier alpha value is -2.08. The molecule has 1 amide bonds. The molecule has 0 spiro atoms. The first-order chi connectivity index (χ1) is 10.7. The highest BCUT2D eigenvalue weighted by atomic mass is 32.1. The van der Waals surface area contributed by atoms with Crippen LogP contribution < -0.4 is 15.4 Å². The van der Waals surface area contributed by atoms with E-state index in [1.165, 1.54) is 0 Å². The molecule has 5 nitrogen and oxygen atoms in total. The molecule has 1 fully saturated rings. The molecule has 0 radical (unpaired) electrons. The molecule has 2 N–H and O–H groups in total. The van der Waals surface area contributed by atoms with Crippen LogP contribution in [0, 0.1) is 5.92 Å². The van der Waals surface area contributed by atoms with Crippen LogP contribution >= 0.6 is 11.3 Å². The molecular weight excluding hydrogens is 298 g/mol. The fourth-order valence-electron chi connectivity index (χ4n) is 2.68. The highest BCUT2D eigenvalue weighted by Crippen LogP contribution is 2.34. The highest BCUT2D eigenvalue weighted by Gasteiger charge is 2.24. The molecule has 0 aliphatic carbocycles. The van der Waals surface area contributed by atoms with Crippen molar-refractivity contribution in [2.45, 2.75) is 12.8 Å². The number of amides is 1. The van der Waals surface area contributed by atoms with Crippen molar-refractivity contribution >= 4 is 22.4 Å². The lowest BCUT2D eigenvalue weighted by Crippen LogP contribution is -2.38. The first-order valence-electron chi connectivity index (χ1n) is 7.32. The standard InChI is InChI=1S/C16H19N3O2S/c1-21-13-4-2-3-12(9-13)14-10-18-16(22-14)19-7-5-11(6-8-19)15(17)20/h2-4,9-11H,5-8H2,1H3,(H2,17,20). The third-order valence-corrected chi connectivity index (χ3v) is 5.12. The number of methoxy groups -OCH3 is 1. The van der Waals surface area contributed by atoms with Crippen LogP contribution in [0.3, 0.4) is 0 Å². The van der Waals surface area contributed by atoms with Crippen LogP contribution in [0.2, 0.25) is 0 Å². The molecule has 0 atom stereocenters. The highest BCUT2D eigenvalue weighted by molar-refractivity contribution is 7.18. The summed E-state index contributed by atoms with van der Waals surface area (Å²) in [6.45, 7) is 1.66. The number of rotatable bonds is 4. The minimum Gasteiger partial charge on any atom is -0.497 e. The predicted octanol–water partition coefficient (Wildman–Crippen LogP) is 2.52. The van der Waals surface area contributed by atoms with Crippen molar-refractivity contribution in [2.75, 3.05) is 25.1 Å². The first-order valence-corrected chi connectivity index (χ1v) is 8.13. The minimum absolute atomic E-state index is 0.00840. The number of thiazole rings is 1. The average molecular weight is 317 g/mol. The molecule has 1 aliphatic heterocycles. The van der Waals surface area contributed by atoms with E-state index in [0.717, 1.165) is 47.3 Å². The summed E-state index contributed by atoms with van der Waals surface area (Å²) in [5, 5.41) is 1.00. The average Bonchev–Trinajstić information content (AvgIpc) is 3.05. The number of piperidine rings is 1. The second-order valence-electron chi connectivity index (χ2n) is 5.40. The fraction of sp³-hybridized carbons (Fsp3) is 0.375. The van der Waals surface area contributed by atoms with Crippen LogP contribution in [0.25, 0.3) is 10.4 Å². The molecule has 6 heteroatoms. The molecule has 1 aromatic heterocycles. The van der Waals surface area contributed by atoms with Gasteiger partial charge in [0.15, 0.2) is 5.13 Å². The second-order valence-corrected chi connectivity index (χ2v) is 6.41. The number of hydrogen-bond acceptors (Lipinski definition) is 5. The van der Waals surface area contributed by atoms with Crippen molar-refractivity contribution < 1.29 is 9.53 Å². The van der Waals surface area contributed by atoms with Crippen LogP contribution in [0.1, 0.15) is 12.8 Å². The van der Waals surface area contributed by atoms with Gasteiger partial charge in [0.1, 0.15) is 5.75 Å². The van der Waals surface area contributed by atoms with Gasteiger partial charge < -0.3 is 15.4 Å². The zero-order valence-corrected chi connectivity index (χ0v) is 13.3. The van der Waals surface area contributed by atoms with E-state index in [-0.39, 0.29) is 11.8 Å². The first kappa shape index (κ1) is 14.8. The predicted molar refractivity (Wildman–Crippen MR) is 88.2 cm³/mol. The Kier molecular flexibility index (Phi) is 4.29. The fourth-order valence-corrected chi connectivity index (χ4v) is 3.64. The maximum atomic E-state index is 11.2. The lowest BCUT2D eigenvalue weighted by molar-refractivity contribution is -0.122. The van der Waals surface area contributed by atoms with Crippen LogP contribution in [0.15, 0.2) is 30.5 Å². The topological polar surface area (TPSA) is 68.4 Å². The molecule has 0 unspecified atom stereocenters. The molecule has 0 saturated carbocycles. The van der Waals surface area contributed by atoms with Crippen LogP contribution in [0.5, 0.6) is 5.75 Å². The van der Waals surface area contributed by atoms with Crippen molar-refractivity contribution in [3.8, 4) is 16.2 Å². The molecule has 2 heterocycles. The quantitative estimate of drug-likeness (QED) is 0.941. The SMILES string of the molecule is COc1cccc(-c2cnc(N3CCC(C(N)=O)CC3)s2)c1. The molecule has 2 aromatic rings. The number of hydrogen-bond donors (Lipinski definition) is 1. The summed E-state index contributed by atoms with van der Waals surface area (Å²) in [4.78, 5) is 19.1. The number of primary amides is 1. The number of anilines is 1. The van der Waals surface area contributed by atoms with Crippen LogP contribution in [-0.4, -0.2) is 31.1 Å². The lowest BCUT2D eigenvalue weighted by atomic mass is 9.97. The second kappa shape index (κ2) is 6.36. The number of carbonyl (C=O) groups excluding carboxylic acids is 1. The lowest BCUT2D eigenvalue weighted by Gasteiger charge is -2.30.